The second-order valence-electron chi connectivity index (χ2n) is 5.78. The summed E-state index contributed by atoms with van der Waals surface area (Å²) in [4.78, 5) is 0. The molecule has 0 amide bonds. The van der Waals surface area contributed by atoms with Gasteiger partial charge in [-0.15, -0.1) is 0 Å². The Morgan fingerprint density at radius 2 is 2.00 bits per heavy atom. The van der Waals surface area contributed by atoms with Crippen LogP contribution in [0.3, 0.4) is 0 Å². The van der Waals surface area contributed by atoms with E-state index in [0.717, 1.165) is 13.0 Å². The van der Waals surface area contributed by atoms with Gasteiger partial charge in [-0.05, 0) is 38.0 Å². The Hall–Kier alpha value is -0.120. The molecule has 0 aromatic rings. The van der Waals surface area contributed by atoms with Gasteiger partial charge in [0.15, 0.2) is 0 Å². The van der Waals surface area contributed by atoms with Crippen molar-refractivity contribution in [3.05, 3.63) is 0 Å². The molecule has 0 heterocycles. The topological polar surface area (TPSA) is 41.5 Å². The summed E-state index contributed by atoms with van der Waals surface area (Å²) in [6.45, 7) is 3.33. The minimum atomic E-state index is 0.236. The van der Waals surface area contributed by atoms with Crippen LogP contribution in [0.2, 0.25) is 0 Å². The monoisotopic (exact) mass is 241 g/mol. The maximum absolute atomic E-state index is 9.27. The highest BCUT2D eigenvalue weighted by molar-refractivity contribution is 4.84. The van der Waals surface area contributed by atoms with Crippen molar-refractivity contribution in [2.75, 3.05) is 13.2 Å². The molecule has 0 spiro atoms. The smallest absolute Gasteiger partial charge is 0.0600 e. The van der Waals surface area contributed by atoms with Gasteiger partial charge in [0.1, 0.15) is 0 Å². The molecular formula is C14H27NO2. The van der Waals surface area contributed by atoms with Crippen molar-refractivity contribution in [2.45, 2.75) is 70.1 Å². The fourth-order valence-electron chi connectivity index (χ4n) is 2.70. The lowest BCUT2D eigenvalue weighted by atomic mass is 9.88. The molecule has 17 heavy (non-hydrogen) atoms. The van der Waals surface area contributed by atoms with Gasteiger partial charge < -0.3 is 15.2 Å². The molecule has 0 aromatic carbocycles. The van der Waals surface area contributed by atoms with Crippen molar-refractivity contribution in [3.63, 3.8) is 0 Å². The summed E-state index contributed by atoms with van der Waals surface area (Å²) < 4.78 is 5.98. The number of ether oxygens (including phenoxy) is 1. The number of aliphatic hydroxyl groups excluding tert-OH is 1. The standard InChI is InChI=1S/C14H27NO2/c1-11-4-2-3-5-14(11)17-9-8-13(10-16)15-12-6-7-12/h11-16H,2-10H2,1H3. The van der Waals surface area contributed by atoms with E-state index in [9.17, 15) is 5.11 Å². The highest BCUT2D eigenvalue weighted by atomic mass is 16.5. The molecule has 2 aliphatic carbocycles. The average molecular weight is 241 g/mol. The molecule has 2 saturated carbocycles. The Kier molecular flexibility index (Phi) is 5.26. The summed E-state index contributed by atoms with van der Waals surface area (Å²) >= 11 is 0. The van der Waals surface area contributed by atoms with Gasteiger partial charge in [-0.3, -0.25) is 0 Å². The number of nitrogens with one attached hydrogen (secondary N) is 1. The Morgan fingerprint density at radius 1 is 1.24 bits per heavy atom. The van der Waals surface area contributed by atoms with Crippen molar-refractivity contribution < 1.29 is 9.84 Å². The average Bonchev–Trinajstić information content (AvgIpc) is 3.14. The molecule has 0 aromatic heterocycles. The molecule has 0 bridgehead atoms. The number of hydrogen-bond donors (Lipinski definition) is 2. The maximum atomic E-state index is 9.27. The van der Waals surface area contributed by atoms with Gasteiger partial charge in [-0.25, -0.2) is 0 Å². The van der Waals surface area contributed by atoms with E-state index in [4.69, 9.17) is 4.74 Å². The molecule has 0 saturated heterocycles. The van der Waals surface area contributed by atoms with Gasteiger partial charge in [0, 0.05) is 18.7 Å². The van der Waals surface area contributed by atoms with Crippen molar-refractivity contribution in [3.8, 4) is 0 Å². The van der Waals surface area contributed by atoms with Crippen LogP contribution in [0, 0.1) is 5.92 Å². The van der Waals surface area contributed by atoms with E-state index < -0.39 is 0 Å². The lowest BCUT2D eigenvalue weighted by Gasteiger charge is -2.29. The highest BCUT2D eigenvalue weighted by Crippen LogP contribution is 2.26. The van der Waals surface area contributed by atoms with Crippen molar-refractivity contribution in [2.24, 2.45) is 5.92 Å². The van der Waals surface area contributed by atoms with Crippen molar-refractivity contribution in [1.29, 1.82) is 0 Å². The minimum absolute atomic E-state index is 0.236. The molecule has 0 radical (unpaired) electrons. The fraction of sp³-hybridized carbons (Fsp3) is 1.00. The van der Waals surface area contributed by atoms with E-state index in [0.29, 0.717) is 18.1 Å². The Labute approximate surface area is 105 Å². The zero-order chi connectivity index (χ0) is 12.1. The SMILES string of the molecule is CC1CCCCC1OCCC(CO)NC1CC1. The van der Waals surface area contributed by atoms with E-state index in [1.807, 2.05) is 0 Å². The lowest BCUT2D eigenvalue weighted by Crippen LogP contribution is -2.36. The lowest BCUT2D eigenvalue weighted by molar-refractivity contribution is -0.0105. The van der Waals surface area contributed by atoms with Crippen molar-refractivity contribution in [1.82, 2.24) is 5.32 Å². The quantitative estimate of drug-likeness (QED) is 0.717. The van der Waals surface area contributed by atoms with Crippen LogP contribution in [0.1, 0.15) is 51.9 Å². The Morgan fingerprint density at radius 3 is 2.65 bits per heavy atom. The molecule has 2 aliphatic rings. The first kappa shape index (κ1) is 13.3. The van der Waals surface area contributed by atoms with Gasteiger partial charge in [0.25, 0.3) is 0 Å². The maximum Gasteiger partial charge on any atom is 0.0600 e. The van der Waals surface area contributed by atoms with Gasteiger partial charge in [-0.2, -0.15) is 0 Å². The summed E-state index contributed by atoms with van der Waals surface area (Å²) in [6, 6.07) is 0.905. The van der Waals surface area contributed by atoms with Crippen molar-refractivity contribution >= 4 is 0 Å². The first-order chi connectivity index (χ1) is 8.29. The van der Waals surface area contributed by atoms with Crippen LogP contribution in [-0.4, -0.2) is 36.5 Å². The summed E-state index contributed by atoms with van der Waals surface area (Å²) in [5.41, 5.74) is 0. The summed E-state index contributed by atoms with van der Waals surface area (Å²) in [6.07, 6.45) is 9.17. The van der Waals surface area contributed by atoms with Gasteiger partial charge in [-0.1, -0.05) is 19.8 Å². The molecule has 2 fully saturated rings. The van der Waals surface area contributed by atoms with E-state index in [1.54, 1.807) is 0 Å². The predicted octanol–water partition coefficient (Wildman–Crippen LogP) is 2.08. The Bertz CT molecular complexity index is 218. The van der Waals surface area contributed by atoms with E-state index in [2.05, 4.69) is 12.2 Å². The van der Waals surface area contributed by atoms with Crippen LogP contribution in [-0.2, 0) is 4.74 Å². The predicted molar refractivity (Wildman–Crippen MR) is 69.0 cm³/mol. The number of rotatable bonds is 7. The molecule has 3 heteroatoms. The van der Waals surface area contributed by atoms with Crippen LogP contribution >= 0.6 is 0 Å². The minimum Gasteiger partial charge on any atom is -0.395 e. The molecule has 3 nitrogen and oxygen atoms in total. The number of hydrogen-bond acceptors (Lipinski definition) is 3. The van der Waals surface area contributed by atoms with E-state index in [1.165, 1.54) is 38.5 Å². The van der Waals surface area contributed by atoms with E-state index >= 15 is 0 Å². The Balaban J connectivity index is 1.59. The molecule has 2 rings (SSSR count). The molecule has 3 atom stereocenters. The second kappa shape index (κ2) is 6.72. The third-order valence-electron chi connectivity index (χ3n) is 4.10. The molecular weight excluding hydrogens is 214 g/mol. The third-order valence-corrected chi connectivity index (χ3v) is 4.10. The highest BCUT2D eigenvalue weighted by Gasteiger charge is 2.25. The summed E-state index contributed by atoms with van der Waals surface area (Å²) in [7, 11) is 0. The van der Waals surface area contributed by atoms with Gasteiger partial charge in [0.2, 0.25) is 0 Å². The zero-order valence-electron chi connectivity index (χ0n) is 11.0. The third kappa shape index (κ3) is 4.57. The van der Waals surface area contributed by atoms with Crippen LogP contribution in [0.4, 0.5) is 0 Å². The fourth-order valence-corrected chi connectivity index (χ4v) is 2.70. The van der Waals surface area contributed by atoms with Crippen LogP contribution in [0.25, 0.3) is 0 Å². The largest absolute Gasteiger partial charge is 0.395 e. The van der Waals surface area contributed by atoms with E-state index in [-0.39, 0.29) is 12.6 Å². The summed E-state index contributed by atoms with van der Waals surface area (Å²) in [5, 5.41) is 12.7. The zero-order valence-corrected chi connectivity index (χ0v) is 11.0. The van der Waals surface area contributed by atoms with Crippen LogP contribution < -0.4 is 5.32 Å². The van der Waals surface area contributed by atoms with Crippen LogP contribution in [0.5, 0.6) is 0 Å². The van der Waals surface area contributed by atoms with Gasteiger partial charge in [0.05, 0.1) is 12.7 Å². The van der Waals surface area contributed by atoms with Gasteiger partial charge >= 0.3 is 0 Å². The van der Waals surface area contributed by atoms with Crippen LogP contribution in [0.15, 0.2) is 0 Å². The molecule has 3 unspecified atom stereocenters. The first-order valence-electron chi connectivity index (χ1n) is 7.28. The second-order valence-corrected chi connectivity index (χ2v) is 5.78. The first-order valence-corrected chi connectivity index (χ1v) is 7.28. The molecule has 100 valence electrons. The summed E-state index contributed by atoms with van der Waals surface area (Å²) in [5.74, 6) is 0.715. The number of aliphatic hydroxyl groups is 1. The normalized spacial score (nSPS) is 31.4. The molecule has 2 N–H and O–H groups in total. The molecule has 0 aliphatic heterocycles.